The molecule has 0 bridgehead atoms. The van der Waals surface area contributed by atoms with E-state index in [1.54, 1.807) is 5.38 Å². The highest BCUT2D eigenvalue weighted by Gasteiger charge is 2.04. The van der Waals surface area contributed by atoms with Crippen molar-refractivity contribution < 1.29 is 9.53 Å². The van der Waals surface area contributed by atoms with Crippen LogP contribution >= 0.6 is 11.3 Å². The molecular weight excluding hydrogens is 272 g/mol. The van der Waals surface area contributed by atoms with E-state index in [0.29, 0.717) is 12.2 Å². The van der Waals surface area contributed by atoms with Crippen molar-refractivity contribution in [1.29, 1.82) is 0 Å². The minimum absolute atomic E-state index is 0.378. The molecule has 0 unspecified atom stereocenters. The molecule has 20 heavy (non-hydrogen) atoms. The smallest absolute Gasteiger partial charge is 0.249 e. The molecule has 0 aliphatic heterocycles. The average molecular weight is 290 g/mol. The number of hydrogen-bond donors (Lipinski definition) is 2. The predicted molar refractivity (Wildman–Crippen MR) is 81.0 cm³/mol. The van der Waals surface area contributed by atoms with Crippen LogP contribution in [-0.4, -0.2) is 12.5 Å². The maximum atomic E-state index is 11.0. The van der Waals surface area contributed by atoms with Crippen LogP contribution in [0.25, 0.3) is 0 Å². The van der Waals surface area contributed by atoms with Crippen LogP contribution in [0.15, 0.2) is 35.7 Å². The number of nitrogens with one attached hydrogen (secondary N) is 1. The molecule has 0 saturated carbocycles. The van der Waals surface area contributed by atoms with Gasteiger partial charge < -0.3 is 15.8 Å². The second-order valence-corrected chi connectivity index (χ2v) is 5.35. The van der Waals surface area contributed by atoms with Crippen LogP contribution in [0.1, 0.15) is 27.7 Å². The molecule has 3 N–H and O–H groups in total. The van der Waals surface area contributed by atoms with Gasteiger partial charge in [-0.15, -0.1) is 11.3 Å². The summed E-state index contributed by atoms with van der Waals surface area (Å²) in [5, 5.41) is 5.13. The van der Waals surface area contributed by atoms with E-state index in [4.69, 9.17) is 10.5 Å². The maximum Gasteiger partial charge on any atom is 0.249 e. The number of carbonyl (C=O) groups excluding carboxylic acids is 1. The number of carbonyl (C=O) groups is 1. The number of amides is 1. The Morgan fingerprint density at radius 1 is 1.35 bits per heavy atom. The van der Waals surface area contributed by atoms with Crippen molar-refractivity contribution in [1.82, 2.24) is 5.32 Å². The largest absolute Gasteiger partial charge is 0.494 e. The van der Waals surface area contributed by atoms with Crippen molar-refractivity contribution in [2.45, 2.75) is 20.0 Å². The summed E-state index contributed by atoms with van der Waals surface area (Å²) in [6, 6.07) is 9.85. The summed E-state index contributed by atoms with van der Waals surface area (Å²) in [7, 11) is 0. The van der Waals surface area contributed by atoms with Crippen LogP contribution in [0, 0.1) is 0 Å². The maximum absolute atomic E-state index is 11.0. The van der Waals surface area contributed by atoms with Crippen molar-refractivity contribution in [3.63, 3.8) is 0 Å². The first-order valence-electron chi connectivity index (χ1n) is 6.48. The zero-order valence-electron chi connectivity index (χ0n) is 11.4. The van der Waals surface area contributed by atoms with E-state index in [1.165, 1.54) is 16.9 Å². The lowest BCUT2D eigenvalue weighted by Gasteiger charge is -2.07. The van der Waals surface area contributed by atoms with Crippen LogP contribution in [-0.2, 0) is 13.1 Å². The topological polar surface area (TPSA) is 64.3 Å². The summed E-state index contributed by atoms with van der Waals surface area (Å²) in [6.07, 6.45) is 0. The lowest BCUT2D eigenvalue weighted by Crippen LogP contribution is -2.12. The molecule has 0 saturated heterocycles. The highest BCUT2D eigenvalue weighted by molar-refractivity contribution is 7.10. The van der Waals surface area contributed by atoms with Gasteiger partial charge in [-0.05, 0) is 30.7 Å². The Labute approximate surface area is 122 Å². The van der Waals surface area contributed by atoms with E-state index in [-0.39, 0.29) is 5.91 Å². The molecule has 5 heteroatoms. The fourth-order valence-electron chi connectivity index (χ4n) is 1.84. The SMILES string of the molecule is CCOc1cccc(CNCc2cc(C(N)=O)cs2)c1. The lowest BCUT2D eigenvalue weighted by molar-refractivity contribution is 0.100. The van der Waals surface area contributed by atoms with Gasteiger partial charge in [0.05, 0.1) is 12.2 Å². The molecule has 106 valence electrons. The number of rotatable bonds is 7. The molecule has 4 nitrogen and oxygen atoms in total. The van der Waals surface area contributed by atoms with Crippen LogP contribution in [0.4, 0.5) is 0 Å². The van der Waals surface area contributed by atoms with Gasteiger partial charge in [0, 0.05) is 23.3 Å². The summed E-state index contributed by atoms with van der Waals surface area (Å²) in [5.41, 5.74) is 6.97. The molecule has 0 radical (unpaired) electrons. The number of nitrogens with two attached hydrogens (primary N) is 1. The van der Waals surface area contributed by atoms with Crippen LogP contribution in [0.2, 0.25) is 0 Å². The van der Waals surface area contributed by atoms with Gasteiger partial charge in [0.25, 0.3) is 0 Å². The van der Waals surface area contributed by atoms with Gasteiger partial charge in [0.15, 0.2) is 0 Å². The Morgan fingerprint density at radius 2 is 2.20 bits per heavy atom. The number of primary amides is 1. The molecular formula is C15H18N2O2S. The highest BCUT2D eigenvalue weighted by Crippen LogP contribution is 2.15. The summed E-state index contributed by atoms with van der Waals surface area (Å²) in [4.78, 5) is 12.1. The third-order valence-corrected chi connectivity index (χ3v) is 3.71. The Balaban J connectivity index is 1.85. The van der Waals surface area contributed by atoms with E-state index in [9.17, 15) is 4.79 Å². The molecule has 1 heterocycles. The fourth-order valence-corrected chi connectivity index (χ4v) is 2.69. The first-order chi connectivity index (χ1) is 9.69. The minimum atomic E-state index is -0.378. The predicted octanol–water partition coefficient (Wildman–Crippen LogP) is 2.54. The molecule has 1 aromatic heterocycles. The van der Waals surface area contributed by atoms with Crippen LogP contribution in [0.3, 0.4) is 0 Å². The first kappa shape index (κ1) is 14.6. The van der Waals surface area contributed by atoms with E-state index < -0.39 is 0 Å². The van der Waals surface area contributed by atoms with Crippen molar-refractivity contribution in [3.8, 4) is 5.75 Å². The molecule has 0 atom stereocenters. The number of ether oxygens (including phenoxy) is 1. The van der Waals surface area contributed by atoms with E-state index >= 15 is 0 Å². The standard InChI is InChI=1S/C15H18N2O2S/c1-2-19-13-5-3-4-11(6-13)8-17-9-14-7-12(10-20-14)15(16)18/h3-7,10,17H,2,8-9H2,1H3,(H2,16,18). The van der Waals surface area contributed by atoms with E-state index in [2.05, 4.69) is 11.4 Å². The molecule has 2 aromatic rings. The average Bonchev–Trinajstić information content (AvgIpc) is 2.89. The monoisotopic (exact) mass is 290 g/mol. The highest BCUT2D eigenvalue weighted by atomic mass is 32.1. The van der Waals surface area contributed by atoms with Gasteiger partial charge in [0.2, 0.25) is 5.91 Å². The zero-order chi connectivity index (χ0) is 14.4. The van der Waals surface area contributed by atoms with Gasteiger partial charge in [-0.25, -0.2) is 0 Å². The fraction of sp³-hybridized carbons (Fsp3) is 0.267. The van der Waals surface area contributed by atoms with Crippen LogP contribution in [0.5, 0.6) is 5.75 Å². The number of hydrogen-bond acceptors (Lipinski definition) is 4. The minimum Gasteiger partial charge on any atom is -0.494 e. The Bertz CT molecular complexity index is 581. The molecule has 1 amide bonds. The Kier molecular flexibility index (Phi) is 5.15. The van der Waals surface area contributed by atoms with Gasteiger partial charge in [-0.3, -0.25) is 4.79 Å². The van der Waals surface area contributed by atoms with Gasteiger partial charge in [0.1, 0.15) is 5.75 Å². The Morgan fingerprint density at radius 3 is 2.90 bits per heavy atom. The number of thiophene rings is 1. The first-order valence-corrected chi connectivity index (χ1v) is 7.36. The van der Waals surface area contributed by atoms with Crippen molar-refractivity contribution in [2.75, 3.05) is 6.61 Å². The molecule has 0 fully saturated rings. The van der Waals surface area contributed by atoms with E-state index in [0.717, 1.165) is 23.7 Å². The molecule has 0 spiro atoms. The quantitative estimate of drug-likeness (QED) is 0.823. The lowest BCUT2D eigenvalue weighted by atomic mass is 10.2. The van der Waals surface area contributed by atoms with E-state index in [1.807, 2.05) is 31.2 Å². The van der Waals surface area contributed by atoms with Gasteiger partial charge in [-0.1, -0.05) is 12.1 Å². The summed E-state index contributed by atoms with van der Waals surface area (Å²) in [5.74, 6) is 0.510. The molecule has 0 aliphatic rings. The second kappa shape index (κ2) is 7.07. The zero-order valence-corrected chi connectivity index (χ0v) is 12.2. The summed E-state index contributed by atoms with van der Waals surface area (Å²) >= 11 is 1.54. The molecule has 0 aliphatic carbocycles. The van der Waals surface area contributed by atoms with Gasteiger partial charge >= 0.3 is 0 Å². The van der Waals surface area contributed by atoms with Crippen molar-refractivity contribution in [2.24, 2.45) is 5.73 Å². The Hall–Kier alpha value is -1.85. The normalized spacial score (nSPS) is 10.4. The molecule has 1 aromatic carbocycles. The third kappa shape index (κ3) is 4.08. The van der Waals surface area contributed by atoms with Gasteiger partial charge in [-0.2, -0.15) is 0 Å². The van der Waals surface area contributed by atoms with Crippen LogP contribution < -0.4 is 15.8 Å². The second-order valence-electron chi connectivity index (χ2n) is 4.35. The number of benzene rings is 1. The van der Waals surface area contributed by atoms with Crippen molar-refractivity contribution in [3.05, 3.63) is 51.7 Å². The van der Waals surface area contributed by atoms with Crippen molar-refractivity contribution >= 4 is 17.2 Å². The summed E-state index contributed by atoms with van der Waals surface area (Å²) < 4.78 is 5.46. The summed E-state index contributed by atoms with van der Waals surface area (Å²) in [6.45, 7) is 4.11. The third-order valence-electron chi connectivity index (χ3n) is 2.78. The molecule has 2 rings (SSSR count).